The van der Waals surface area contributed by atoms with Crippen molar-refractivity contribution in [3.63, 3.8) is 0 Å². The highest BCUT2D eigenvalue weighted by molar-refractivity contribution is 5.94. The summed E-state index contributed by atoms with van der Waals surface area (Å²) in [5.41, 5.74) is 0.517. The number of hydrogen-bond donors (Lipinski definition) is 3. The number of ether oxygens (including phenoxy) is 2. The van der Waals surface area contributed by atoms with Crippen LogP contribution in [0.2, 0.25) is 0 Å². The van der Waals surface area contributed by atoms with Crippen molar-refractivity contribution in [2.75, 3.05) is 59.2 Å². The van der Waals surface area contributed by atoms with Gasteiger partial charge >= 0.3 is 0 Å². The van der Waals surface area contributed by atoms with Crippen molar-refractivity contribution in [1.82, 2.24) is 25.8 Å². The van der Waals surface area contributed by atoms with E-state index < -0.39 is 6.04 Å². The molecule has 0 unspecified atom stereocenters. The number of rotatable bonds is 6. The van der Waals surface area contributed by atoms with Crippen LogP contribution in [0.3, 0.4) is 0 Å². The molecular weight excluding hydrogens is 502 g/mol. The minimum Gasteiger partial charge on any atom is -0.377 e. The Balaban J connectivity index is 1.42. The molecule has 39 heavy (non-hydrogen) atoms. The Morgan fingerprint density at radius 2 is 1.72 bits per heavy atom. The average Bonchev–Trinajstić information content (AvgIpc) is 3.46. The van der Waals surface area contributed by atoms with Crippen LogP contribution < -0.4 is 16.0 Å². The molecular formula is C28H41N5O6. The van der Waals surface area contributed by atoms with Gasteiger partial charge in [-0.15, -0.1) is 0 Å². The van der Waals surface area contributed by atoms with Crippen LogP contribution in [0.5, 0.6) is 0 Å². The van der Waals surface area contributed by atoms with E-state index in [9.17, 15) is 19.2 Å². The monoisotopic (exact) mass is 543 g/mol. The molecule has 4 amide bonds. The Bertz CT molecular complexity index is 970. The molecule has 2 saturated heterocycles. The van der Waals surface area contributed by atoms with Crippen LogP contribution >= 0.6 is 0 Å². The van der Waals surface area contributed by atoms with Gasteiger partial charge in [-0.3, -0.25) is 19.2 Å². The summed E-state index contributed by atoms with van der Waals surface area (Å²) in [5, 5.41) is 9.42. The zero-order valence-corrected chi connectivity index (χ0v) is 22.6. The molecule has 11 nitrogen and oxygen atoms in total. The standard InChI is InChI=1S/C28H41N5O6/c34-25-19-32(14-11-29-27(36)21-6-2-1-3-7-21)26(35)20-39-17-16-38-15-12-30-28(37)24-18-23(10-13-33(24)25)31-22-8-4-5-9-22/h1-3,6-7,22-24,31H,4-5,8-20H2,(H,29,36)(H,30,37)/t23-,24+/m1/s1. The molecule has 0 aromatic heterocycles. The van der Waals surface area contributed by atoms with Crippen molar-refractivity contribution in [3.8, 4) is 0 Å². The van der Waals surface area contributed by atoms with Gasteiger partial charge in [-0.2, -0.15) is 0 Å². The van der Waals surface area contributed by atoms with Crippen LogP contribution in [0.15, 0.2) is 30.3 Å². The summed E-state index contributed by atoms with van der Waals surface area (Å²) >= 11 is 0. The summed E-state index contributed by atoms with van der Waals surface area (Å²) in [6.07, 6.45) is 6.01. The second-order valence-corrected chi connectivity index (χ2v) is 10.4. The number of nitrogens with zero attached hydrogens (tertiary/aromatic N) is 2. The van der Waals surface area contributed by atoms with E-state index in [2.05, 4.69) is 16.0 Å². The maximum atomic E-state index is 13.5. The van der Waals surface area contributed by atoms with Crippen molar-refractivity contribution in [3.05, 3.63) is 35.9 Å². The number of carbonyl (C=O) groups excluding carboxylic acids is 4. The lowest BCUT2D eigenvalue weighted by molar-refractivity contribution is -0.148. The fourth-order valence-electron chi connectivity index (χ4n) is 5.47. The number of hydrogen-bond acceptors (Lipinski definition) is 7. The number of fused-ring (bicyclic) bond motifs is 1. The fourth-order valence-corrected chi connectivity index (χ4v) is 5.47. The Hall–Kier alpha value is -3.02. The van der Waals surface area contributed by atoms with Gasteiger partial charge in [0.25, 0.3) is 5.91 Å². The first-order valence-corrected chi connectivity index (χ1v) is 14.1. The van der Waals surface area contributed by atoms with Crippen molar-refractivity contribution >= 4 is 23.6 Å². The molecule has 0 bridgehead atoms. The van der Waals surface area contributed by atoms with Crippen molar-refractivity contribution in [2.24, 2.45) is 0 Å². The van der Waals surface area contributed by atoms with Crippen LogP contribution in [-0.4, -0.2) is 111 Å². The second-order valence-electron chi connectivity index (χ2n) is 10.4. The summed E-state index contributed by atoms with van der Waals surface area (Å²) in [4.78, 5) is 55.2. The molecule has 2 heterocycles. The summed E-state index contributed by atoms with van der Waals surface area (Å²) in [6, 6.07) is 8.81. The van der Waals surface area contributed by atoms with Gasteiger partial charge in [0, 0.05) is 43.8 Å². The molecule has 1 aromatic rings. The maximum Gasteiger partial charge on any atom is 0.251 e. The third kappa shape index (κ3) is 8.74. The van der Waals surface area contributed by atoms with Gasteiger partial charge in [0.1, 0.15) is 12.6 Å². The number of nitrogens with one attached hydrogen (secondary N) is 3. The fraction of sp³-hybridized carbons (Fsp3) is 0.643. The molecule has 2 atom stereocenters. The van der Waals surface area contributed by atoms with Crippen molar-refractivity contribution < 1.29 is 28.7 Å². The van der Waals surface area contributed by atoms with E-state index in [1.807, 2.05) is 6.07 Å². The Morgan fingerprint density at radius 1 is 0.949 bits per heavy atom. The first-order valence-electron chi connectivity index (χ1n) is 14.1. The van der Waals surface area contributed by atoms with Gasteiger partial charge in [0.05, 0.1) is 26.4 Å². The Kier molecular flexibility index (Phi) is 11.1. The maximum absolute atomic E-state index is 13.5. The number of carbonyl (C=O) groups is 4. The van der Waals surface area contributed by atoms with Crippen molar-refractivity contribution in [2.45, 2.75) is 56.7 Å². The predicted molar refractivity (Wildman–Crippen MR) is 144 cm³/mol. The van der Waals surface area contributed by atoms with Gasteiger partial charge in [0.2, 0.25) is 17.7 Å². The molecule has 0 radical (unpaired) electrons. The predicted octanol–water partition coefficient (Wildman–Crippen LogP) is 0.300. The van der Waals surface area contributed by atoms with Crippen LogP contribution in [0.25, 0.3) is 0 Å². The molecule has 1 saturated carbocycles. The molecule has 0 spiro atoms. The van der Waals surface area contributed by atoms with Gasteiger partial charge in [-0.25, -0.2) is 0 Å². The molecule has 2 aliphatic heterocycles. The zero-order valence-electron chi connectivity index (χ0n) is 22.6. The summed E-state index contributed by atoms with van der Waals surface area (Å²) in [7, 11) is 0. The first-order chi connectivity index (χ1) is 19.0. The summed E-state index contributed by atoms with van der Waals surface area (Å²) in [6.45, 7) is 1.52. The van der Waals surface area contributed by atoms with E-state index in [0.29, 0.717) is 37.7 Å². The lowest BCUT2D eigenvalue weighted by Crippen LogP contribution is -2.59. The van der Waals surface area contributed by atoms with Crippen LogP contribution in [-0.2, 0) is 23.9 Å². The highest BCUT2D eigenvalue weighted by Crippen LogP contribution is 2.23. The summed E-state index contributed by atoms with van der Waals surface area (Å²) in [5.74, 6) is -1.10. The molecule has 214 valence electrons. The molecule has 1 aliphatic carbocycles. The SMILES string of the molecule is O=C(NCCN1CC(=O)N2CC[C@@H](NC3CCCC3)C[C@H]2C(=O)NCCOCCOCC1=O)c1ccccc1. The van der Waals surface area contributed by atoms with E-state index in [-0.39, 0.29) is 69.1 Å². The van der Waals surface area contributed by atoms with E-state index in [0.717, 1.165) is 19.3 Å². The second kappa shape index (κ2) is 14.9. The van der Waals surface area contributed by atoms with E-state index in [1.165, 1.54) is 17.7 Å². The highest BCUT2D eigenvalue weighted by Gasteiger charge is 2.37. The Morgan fingerprint density at radius 3 is 2.51 bits per heavy atom. The number of piperidine rings is 1. The minimum atomic E-state index is -0.624. The smallest absolute Gasteiger partial charge is 0.251 e. The molecule has 3 aliphatic rings. The largest absolute Gasteiger partial charge is 0.377 e. The molecule has 4 rings (SSSR count). The van der Waals surface area contributed by atoms with Crippen LogP contribution in [0.1, 0.15) is 48.9 Å². The van der Waals surface area contributed by atoms with E-state index >= 15 is 0 Å². The topological polar surface area (TPSA) is 129 Å². The third-order valence-corrected chi connectivity index (χ3v) is 7.58. The number of amides is 4. The van der Waals surface area contributed by atoms with Crippen molar-refractivity contribution in [1.29, 1.82) is 0 Å². The van der Waals surface area contributed by atoms with Crippen LogP contribution in [0, 0.1) is 0 Å². The average molecular weight is 544 g/mol. The summed E-state index contributed by atoms with van der Waals surface area (Å²) < 4.78 is 11.0. The number of benzene rings is 1. The Labute approximate surface area is 229 Å². The normalized spacial score (nSPS) is 24.5. The molecule has 1 aromatic carbocycles. The van der Waals surface area contributed by atoms with Gasteiger partial charge in [0.15, 0.2) is 0 Å². The highest BCUT2D eigenvalue weighted by atomic mass is 16.5. The first kappa shape index (κ1) is 29.0. The van der Waals surface area contributed by atoms with Gasteiger partial charge in [-0.1, -0.05) is 31.0 Å². The third-order valence-electron chi connectivity index (χ3n) is 7.58. The zero-order chi connectivity index (χ0) is 27.5. The lowest BCUT2D eigenvalue weighted by Gasteiger charge is -2.40. The molecule has 3 fully saturated rings. The quantitative estimate of drug-likeness (QED) is 0.471. The van der Waals surface area contributed by atoms with Gasteiger partial charge in [-0.05, 0) is 37.8 Å². The molecule has 3 N–H and O–H groups in total. The van der Waals surface area contributed by atoms with E-state index in [1.54, 1.807) is 29.2 Å². The molecule has 11 heteroatoms. The van der Waals surface area contributed by atoms with E-state index in [4.69, 9.17) is 9.47 Å². The van der Waals surface area contributed by atoms with Gasteiger partial charge < -0.3 is 35.2 Å². The lowest BCUT2D eigenvalue weighted by atomic mass is 9.95. The van der Waals surface area contributed by atoms with Crippen LogP contribution in [0.4, 0.5) is 0 Å². The minimum absolute atomic E-state index is 0.138.